The molecule has 0 bridgehead atoms. The molecule has 2 saturated heterocycles. The van der Waals surface area contributed by atoms with Gasteiger partial charge in [-0.25, -0.2) is 8.78 Å². The van der Waals surface area contributed by atoms with Crippen molar-refractivity contribution < 1.29 is 23.4 Å². The lowest BCUT2D eigenvalue weighted by atomic mass is 9.68. The summed E-state index contributed by atoms with van der Waals surface area (Å²) in [6.07, 6.45) is 1.85. The molecule has 1 amide bonds. The third-order valence-electron chi connectivity index (χ3n) is 6.15. The molecule has 1 aliphatic carbocycles. The van der Waals surface area contributed by atoms with E-state index in [4.69, 9.17) is 4.74 Å². The van der Waals surface area contributed by atoms with Crippen LogP contribution >= 0.6 is 0 Å². The van der Waals surface area contributed by atoms with E-state index in [1.54, 1.807) is 0 Å². The van der Waals surface area contributed by atoms with Gasteiger partial charge < -0.3 is 14.7 Å². The highest BCUT2D eigenvalue weighted by Crippen LogP contribution is 2.42. The van der Waals surface area contributed by atoms with Crippen molar-refractivity contribution in [3.63, 3.8) is 0 Å². The SMILES string of the molecule is Cc1c(F)cc(C2CCN(C(=O)[C@H]3C[C@]4(COC(O)N4)C3)CC2)cc1F. The number of amides is 1. The maximum absolute atomic E-state index is 13.8. The molecule has 142 valence electrons. The molecular weight excluding hydrogens is 342 g/mol. The molecular formula is C19H24F2N2O3. The standard InChI is InChI=1S/C19H24F2N2O3/c1-11-15(20)6-13(7-16(11)21)12-2-4-23(5-3-12)17(24)14-8-19(9-14)10-26-18(25)22-19/h6-7,12,14,18,22,25H,2-5,8-10H2,1H3/t14-,18?,19+. The Morgan fingerprint density at radius 3 is 2.42 bits per heavy atom. The van der Waals surface area contributed by atoms with E-state index in [9.17, 15) is 18.7 Å². The van der Waals surface area contributed by atoms with Crippen LogP contribution in [0.3, 0.4) is 0 Å². The zero-order chi connectivity index (χ0) is 18.5. The number of aliphatic hydroxyl groups is 1. The van der Waals surface area contributed by atoms with E-state index in [0.717, 1.165) is 0 Å². The first-order valence-corrected chi connectivity index (χ1v) is 9.19. The fourth-order valence-corrected chi connectivity index (χ4v) is 4.47. The Labute approximate surface area is 151 Å². The van der Waals surface area contributed by atoms with Crippen LogP contribution in [0.5, 0.6) is 0 Å². The summed E-state index contributed by atoms with van der Waals surface area (Å²) in [5.74, 6) is -0.837. The number of nitrogens with zero attached hydrogens (tertiary/aromatic N) is 1. The predicted molar refractivity (Wildman–Crippen MR) is 90.2 cm³/mol. The molecule has 1 spiro atoms. The highest BCUT2D eigenvalue weighted by atomic mass is 19.1. The number of hydrogen-bond acceptors (Lipinski definition) is 4. The molecule has 1 aromatic rings. The monoisotopic (exact) mass is 366 g/mol. The lowest BCUT2D eigenvalue weighted by molar-refractivity contribution is -0.142. The van der Waals surface area contributed by atoms with E-state index in [1.165, 1.54) is 19.1 Å². The van der Waals surface area contributed by atoms with Crippen LogP contribution in [-0.2, 0) is 9.53 Å². The predicted octanol–water partition coefficient (Wildman–Crippen LogP) is 2.02. The molecule has 2 heterocycles. The van der Waals surface area contributed by atoms with E-state index < -0.39 is 18.0 Å². The number of halogens is 2. The van der Waals surface area contributed by atoms with Crippen molar-refractivity contribution in [1.29, 1.82) is 0 Å². The Bertz CT molecular complexity index is 690. The van der Waals surface area contributed by atoms with Crippen LogP contribution < -0.4 is 5.32 Å². The molecule has 26 heavy (non-hydrogen) atoms. The third kappa shape index (κ3) is 3.12. The second-order valence-corrected chi connectivity index (χ2v) is 7.90. The van der Waals surface area contributed by atoms with Crippen LogP contribution in [0.25, 0.3) is 0 Å². The van der Waals surface area contributed by atoms with Gasteiger partial charge >= 0.3 is 0 Å². The van der Waals surface area contributed by atoms with Crippen molar-refractivity contribution in [1.82, 2.24) is 10.2 Å². The number of carbonyl (C=O) groups excluding carboxylic acids is 1. The maximum atomic E-state index is 13.8. The number of rotatable bonds is 2. The lowest BCUT2D eigenvalue weighted by Crippen LogP contribution is -2.59. The van der Waals surface area contributed by atoms with E-state index >= 15 is 0 Å². The van der Waals surface area contributed by atoms with Crippen molar-refractivity contribution in [2.45, 2.75) is 50.5 Å². The number of likely N-dealkylation sites (tertiary alicyclic amines) is 1. The maximum Gasteiger partial charge on any atom is 0.225 e. The molecule has 4 rings (SSSR count). The minimum atomic E-state index is -0.933. The van der Waals surface area contributed by atoms with E-state index in [2.05, 4.69) is 5.32 Å². The molecule has 1 atom stereocenters. The first kappa shape index (κ1) is 17.8. The van der Waals surface area contributed by atoms with Gasteiger partial charge in [0.2, 0.25) is 12.3 Å². The molecule has 0 aromatic heterocycles. The van der Waals surface area contributed by atoms with E-state index in [1.807, 2.05) is 4.90 Å². The van der Waals surface area contributed by atoms with Gasteiger partial charge in [0.1, 0.15) is 11.6 Å². The Balaban J connectivity index is 1.32. The van der Waals surface area contributed by atoms with Gasteiger partial charge in [0.15, 0.2) is 0 Å². The van der Waals surface area contributed by atoms with Crippen molar-refractivity contribution in [3.8, 4) is 0 Å². The molecule has 7 heteroatoms. The van der Waals surface area contributed by atoms with Gasteiger partial charge in [-0.3, -0.25) is 10.1 Å². The van der Waals surface area contributed by atoms with Gasteiger partial charge in [0, 0.05) is 30.1 Å². The summed E-state index contributed by atoms with van der Waals surface area (Å²) in [4.78, 5) is 14.5. The van der Waals surface area contributed by atoms with Crippen LogP contribution in [-0.4, -0.2) is 47.6 Å². The highest BCUT2D eigenvalue weighted by Gasteiger charge is 2.52. The van der Waals surface area contributed by atoms with Crippen molar-refractivity contribution in [2.24, 2.45) is 5.92 Å². The van der Waals surface area contributed by atoms with E-state index in [-0.39, 0.29) is 28.8 Å². The number of nitrogens with one attached hydrogen (secondary N) is 1. The van der Waals surface area contributed by atoms with Gasteiger partial charge in [-0.1, -0.05) is 0 Å². The molecule has 3 aliphatic rings. The number of aliphatic hydroxyl groups excluding tert-OH is 1. The zero-order valence-corrected chi connectivity index (χ0v) is 14.8. The Kier molecular flexibility index (Phi) is 4.49. The van der Waals surface area contributed by atoms with Crippen molar-refractivity contribution in [2.75, 3.05) is 19.7 Å². The Hall–Kier alpha value is -1.57. The average molecular weight is 366 g/mol. The van der Waals surface area contributed by atoms with Crippen LogP contribution in [0, 0.1) is 24.5 Å². The van der Waals surface area contributed by atoms with Crippen molar-refractivity contribution >= 4 is 5.91 Å². The fraction of sp³-hybridized carbons (Fsp3) is 0.632. The second-order valence-electron chi connectivity index (χ2n) is 7.90. The molecule has 1 aromatic carbocycles. The first-order valence-electron chi connectivity index (χ1n) is 9.19. The molecule has 3 fully saturated rings. The second kappa shape index (κ2) is 6.55. The van der Waals surface area contributed by atoms with Gasteiger partial charge in [-0.15, -0.1) is 0 Å². The smallest absolute Gasteiger partial charge is 0.225 e. The zero-order valence-electron chi connectivity index (χ0n) is 14.8. The number of hydrogen-bond donors (Lipinski definition) is 2. The normalized spacial score (nSPS) is 32.1. The number of ether oxygens (including phenoxy) is 1. The quantitative estimate of drug-likeness (QED) is 0.841. The van der Waals surface area contributed by atoms with Gasteiger partial charge in [-0.2, -0.15) is 0 Å². The van der Waals surface area contributed by atoms with Crippen LogP contribution in [0.2, 0.25) is 0 Å². The largest absolute Gasteiger partial charge is 0.356 e. The third-order valence-corrected chi connectivity index (χ3v) is 6.15. The molecule has 0 radical (unpaired) electrons. The molecule has 2 N–H and O–H groups in total. The number of benzene rings is 1. The van der Waals surface area contributed by atoms with Crippen LogP contribution in [0.15, 0.2) is 12.1 Å². The molecule has 1 saturated carbocycles. The first-order chi connectivity index (χ1) is 12.4. The molecule has 5 nitrogen and oxygen atoms in total. The van der Waals surface area contributed by atoms with Gasteiger partial charge in [0.05, 0.1) is 6.61 Å². The summed E-state index contributed by atoms with van der Waals surface area (Å²) >= 11 is 0. The summed E-state index contributed by atoms with van der Waals surface area (Å²) in [7, 11) is 0. The topological polar surface area (TPSA) is 61.8 Å². The highest BCUT2D eigenvalue weighted by molar-refractivity contribution is 5.80. The number of piperidine rings is 1. The van der Waals surface area contributed by atoms with Gasteiger partial charge in [0.25, 0.3) is 0 Å². The van der Waals surface area contributed by atoms with E-state index in [0.29, 0.717) is 50.9 Å². The average Bonchev–Trinajstić information content (AvgIpc) is 3.00. The fourth-order valence-electron chi connectivity index (χ4n) is 4.47. The minimum absolute atomic E-state index is 0.0396. The minimum Gasteiger partial charge on any atom is -0.356 e. The lowest BCUT2D eigenvalue weighted by Gasteiger charge is -2.45. The summed E-state index contributed by atoms with van der Waals surface area (Å²) in [6.45, 7) is 3.09. The summed E-state index contributed by atoms with van der Waals surface area (Å²) in [5.41, 5.74) is 0.478. The van der Waals surface area contributed by atoms with Crippen molar-refractivity contribution in [3.05, 3.63) is 34.9 Å². The molecule has 1 unspecified atom stereocenters. The summed E-state index contributed by atoms with van der Waals surface area (Å²) in [6, 6.07) is 2.85. The summed E-state index contributed by atoms with van der Waals surface area (Å²) < 4.78 is 32.7. The Morgan fingerprint density at radius 2 is 1.88 bits per heavy atom. The number of carbonyl (C=O) groups is 1. The molecule has 2 aliphatic heterocycles. The van der Waals surface area contributed by atoms with Crippen LogP contribution in [0.4, 0.5) is 8.78 Å². The van der Waals surface area contributed by atoms with Gasteiger partial charge in [-0.05, 0) is 56.2 Å². The van der Waals surface area contributed by atoms with Crippen LogP contribution in [0.1, 0.15) is 42.7 Å². The summed E-state index contributed by atoms with van der Waals surface area (Å²) in [5, 5.41) is 12.4. The Morgan fingerprint density at radius 1 is 1.27 bits per heavy atom.